The van der Waals surface area contributed by atoms with Crippen LogP contribution in [0.2, 0.25) is 0 Å². The van der Waals surface area contributed by atoms with E-state index in [1.54, 1.807) is 0 Å². The fraction of sp³-hybridized carbons (Fsp3) is 0.125. The summed E-state index contributed by atoms with van der Waals surface area (Å²) in [6.07, 6.45) is 0. The van der Waals surface area contributed by atoms with Crippen molar-refractivity contribution in [2.75, 3.05) is 6.61 Å². The molecule has 0 aliphatic rings. The van der Waals surface area contributed by atoms with E-state index in [0.717, 1.165) is 0 Å². The third-order valence-electron chi connectivity index (χ3n) is 1.67. The van der Waals surface area contributed by atoms with Gasteiger partial charge in [-0.15, -0.1) is 0 Å². The number of aliphatic hydroxyl groups excluding tert-OH is 1. The van der Waals surface area contributed by atoms with Gasteiger partial charge in [0.2, 0.25) is 0 Å². The summed E-state index contributed by atoms with van der Waals surface area (Å²) in [5.74, 6) is -0.477. The van der Waals surface area contributed by atoms with Gasteiger partial charge in [-0.2, -0.15) is 0 Å². The van der Waals surface area contributed by atoms with Gasteiger partial charge in [0.05, 0.1) is 0 Å². The molecule has 0 heterocycles. The van der Waals surface area contributed by atoms with Gasteiger partial charge in [-0.25, -0.2) is 0 Å². The molecule has 0 saturated carbocycles. The van der Waals surface area contributed by atoms with Gasteiger partial charge < -0.3 is 0 Å². The normalized spacial score (nSPS) is 11.4. The molecule has 1 aromatic rings. The number of ketones is 1. The van der Waals surface area contributed by atoms with Crippen LogP contribution in [0.25, 0.3) is 0 Å². The minimum atomic E-state index is -4.85. The molecule has 1 rings (SSSR count). The molecule has 5 nitrogen and oxygen atoms in total. The average Bonchev–Trinajstić information content (AvgIpc) is 2.15. The molecule has 76 valence electrons. The monoisotopic (exact) mass is 260 g/mol. The molecule has 6 heteroatoms. The molecule has 0 amide bonds. The third-order valence-corrected chi connectivity index (χ3v) is 3.71. The maximum atomic E-state index is 10.9. The second-order valence-electron chi connectivity index (χ2n) is 2.67. The standard InChI is InChI=1S/C8H9AsO5/c10-5-8(11)6-1-3-7(4-2-6)9(12,13)14/h1-4,10H,5H2,(H2,12,13,14). The van der Waals surface area contributed by atoms with Crippen LogP contribution in [0.4, 0.5) is 0 Å². The van der Waals surface area contributed by atoms with E-state index in [4.69, 9.17) is 13.3 Å². The first-order chi connectivity index (χ1) is 6.45. The van der Waals surface area contributed by atoms with Crippen molar-refractivity contribution in [1.29, 1.82) is 0 Å². The first-order valence-corrected chi connectivity index (χ1v) is 7.13. The first kappa shape index (κ1) is 11.2. The summed E-state index contributed by atoms with van der Waals surface area (Å²) in [6.45, 7) is -0.611. The zero-order valence-electron chi connectivity index (χ0n) is 7.12. The maximum absolute atomic E-state index is 10.9. The van der Waals surface area contributed by atoms with Crippen LogP contribution in [0, 0.1) is 0 Å². The van der Waals surface area contributed by atoms with E-state index < -0.39 is 26.6 Å². The molecular formula is C8H9AsO5. The minimum absolute atomic E-state index is 0.0855. The van der Waals surface area contributed by atoms with Crippen molar-refractivity contribution in [3.8, 4) is 0 Å². The Morgan fingerprint density at radius 1 is 1.21 bits per heavy atom. The van der Waals surface area contributed by atoms with E-state index in [9.17, 15) is 8.53 Å². The first-order valence-electron chi connectivity index (χ1n) is 3.75. The van der Waals surface area contributed by atoms with E-state index in [0.29, 0.717) is 0 Å². The fourth-order valence-corrected chi connectivity index (χ4v) is 2.06. The second kappa shape index (κ2) is 4.11. The number of carbonyl (C=O) groups is 1. The Labute approximate surface area is 83.0 Å². The van der Waals surface area contributed by atoms with E-state index in [1.807, 2.05) is 0 Å². The van der Waals surface area contributed by atoms with Gasteiger partial charge in [0.1, 0.15) is 0 Å². The van der Waals surface area contributed by atoms with Crippen LogP contribution in [-0.2, 0) is 3.74 Å². The van der Waals surface area contributed by atoms with Crippen molar-refractivity contribution in [3.63, 3.8) is 0 Å². The van der Waals surface area contributed by atoms with Crippen LogP contribution in [0.1, 0.15) is 10.4 Å². The van der Waals surface area contributed by atoms with Gasteiger partial charge >= 0.3 is 82.6 Å². The molecule has 0 unspecified atom stereocenters. The van der Waals surface area contributed by atoms with Gasteiger partial charge in [0.25, 0.3) is 0 Å². The summed E-state index contributed by atoms with van der Waals surface area (Å²) in [5.41, 5.74) is 0.236. The molecule has 0 radical (unpaired) electrons. The Balaban J connectivity index is 3.01. The van der Waals surface area contributed by atoms with Crippen LogP contribution in [0.15, 0.2) is 24.3 Å². The molecule has 0 fully saturated rings. The number of hydrogen-bond donors (Lipinski definition) is 3. The molecule has 3 N–H and O–H groups in total. The summed E-state index contributed by atoms with van der Waals surface area (Å²) in [4.78, 5) is 10.9. The van der Waals surface area contributed by atoms with Crippen molar-refractivity contribution in [2.45, 2.75) is 0 Å². The van der Waals surface area contributed by atoms with Crippen LogP contribution < -0.4 is 4.35 Å². The summed E-state index contributed by atoms with van der Waals surface area (Å²) in [6, 6.07) is 4.97. The fourth-order valence-electron chi connectivity index (χ4n) is 0.933. The van der Waals surface area contributed by atoms with Crippen molar-refractivity contribution in [1.82, 2.24) is 0 Å². The Hall–Kier alpha value is -0.872. The zero-order chi connectivity index (χ0) is 10.8. The summed E-state index contributed by atoms with van der Waals surface area (Å²) < 4.78 is 28.3. The predicted molar refractivity (Wildman–Crippen MR) is 48.4 cm³/mol. The quantitative estimate of drug-likeness (QED) is 0.450. The molecule has 0 bridgehead atoms. The molecule has 0 aromatic heterocycles. The molecule has 0 spiro atoms. The van der Waals surface area contributed by atoms with E-state index in [2.05, 4.69) is 0 Å². The molecule has 0 saturated heterocycles. The van der Waals surface area contributed by atoms with Gasteiger partial charge in [0.15, 0.2) is 0 Å². The number of hydrogen-bond acceptors (Lipinski definition) is 3. The Bertz CT molecular complexity index is 377. The SMILES string of the molecule is O=C(CO)c1ccc([As](=O)(O)O)cc1. The van der Waals surface area contributed by atoms with Gasteiger partial charge in [-0.05, 0) is 0 Å². The van der Waals surface area contributed by atoms with Crippen LogP contribution in [-0.4, -0.2) is 39.9 Å². The Kier molecular flexibility index (Phi) is 3.29. The molecule has 0 aliphatic heterocycles. The Morgan fingerprint density at radius 3 is 2.07 bits per heavy atom. The molecule has 14 heavy (non-hydrogen) atoms. The molecule has 0 aliphatic carbocycles. The van der Waals surface area contributed by atoms with Crippen LogP contribution >= 0.6 is 0 Å². The topological polar surface area (TPSA) is 94.8 Å². The molecule has 0 atom stereocenters. The predicted octanol–water partition coefficient (Wildman–Crippen LogP) is -1.58. The van der Waals surface area contributed by atoms with Gasteiger partial charge in [-0.1, -0.05) is 0 Å². The number of carbonyl (C=O) groups excluding carboxylic acids is 1. The number of aliphatic hydroxyl groups is 1. The number of rotatable bonds is 3. The van der Waals surface area contributed by atoms with E-state index >= 15 is 0 Å². The van der Waals surface area contributed by atoms with E-state index in [-0.39, 0.29) is 9.91 Å². The summed E-state index contributed by atoms with van der Waals surface area (Å²) in [7, 11) is 0. The van der Waals surface area contributed by atoms with Crippen molar-refractivity contribution >= 4 is 24.3 Å². The third kappa shape index (κ3) is 2.56. The average molecular weight is 260 g/mol. The molecule has 1 aromatic carbocycles. The second-order valence-corrected chi connectivity index (χ2v) is 6.04. The van der Waals surface area contributed by atoms with Crippen LogP contribution in [0.3, 0.4) is 0 Å². The zero-order valence-corrected chi connectivity index (χ0v) is 9.00. The number of Topliss-reactive ketones (excluding diaryl/α,β-unsaturated/α-hetero) is 1. The summed E-state index contributed by atoms with van der Waals surface area (Å²) >= 11 is -4.85. The van der Waals surface area contributed by atoms with Crippen molar-refractivity contribution in [3.05, 3.63) is 29.8 Å². The van der Waals surface area contributed by atoms with Gasteiger partial charge in [-0.3, -0.25) is 0 Å². The van der Waals surface area contributed by atoms with Crippen molar-refractivity contribution in [2.24, 2.45) is 0 Å². The summed E-state index contributed by atoms with van der Waals surface area (Å²) in [5, 5.41) is 8.52. The van der Waals surface area contributed by atoms with E-state index in [1.165, 1.54) is 24.3 Å². The Morgan fingerprint density at radius 2 is 1.71 bits per heavy atom. The molecular weight excluding hydrogens is 251 g/mol. The number of benzene rings is 1. The van der Waals surface area contributed by atoms with Crippen molar-refractivity contribution < 1.29 is 21.8 Å². The van der Waals surface area contributed by atoms with Crippen LogP contribution in [0.5, 0.6) is 0 Å². The van der Waals surface area contributed by atoms with Gasteiger partial charge in [0, 0.05) is 0 Å².